The molecule has 4 aromatic rings. The van der Waals surface area contributed by atoms with Crippen LogP contribution in [0.1, 0.15) is 22.3 Å². The minimum absolute atomic E-state index is 0.179. The van der Waals surface area contributed by atoms with Crippen molar-refractivity contribution in [2.45, 2.75) is 25.7 Å². The number of methoxy groups -OCH3 is 5. The van der Waals surface area contributed by atoms with Crippen LogP contribution in [0.15, 0.2) is 72.8 Å². The summed E-state index contributed by atoms with van der Waals surface area (Å²) in [6.07, 6.45) is 2.97. The van der Waals surface area contributed by atoms with E-state index in [1.54, 1.807) is 47.7 Å². The summed E-state index contributed by atoms with van der Waals surface area (Å²) >= 11 is 0. The van der Waals surface area contributed by atoms with Crippen LogP contribution in [0.25, 0.3) is 0 Å². The number of aromatic hydroxyl groups is 1. The molecule has 4 aromatic carbocycles. The maximum atomic E-state index is 10.0. The minimum atomic E-state index is 0.179. The third kappa shape index (κ3) is 7.32. The van der Waals surface area contributed by atoms with Gasteiger partial charge in [0.15, 0.2) is 11.5 Å². The van der Waals surface area contributed by atoms with E-state index in [-0.39, 0.29) is 5.75 Å². The topological polar surface area (TPSA) is 75.6 Å². The largest absolute Gasteiger partial charge is 0.508 e. The maximum absolute atomic E-state index is 10.0. The molecule has 0 atom stereocenters. The first-order valence-electron chi connectivity index (χ1n) is 13.0. The Morgan fingerprint density at radius 2 is 1.07 bits per heavy atom. The van der Waals surface area contributed by atoms with Gasteiger partial charge in [-0.2, -0.15) is 0 Å². The number of phenolic OH excluding ortho intramolecular Hbond substituents is 1. The zero-order valence-corrected chi connectivity index (χ0v) is 23.7. The van der Waals surface area contributed by atoms with E-state index < -0.39 is 0 Å². The lowest BCUT2D eigenvalue weighted by molar-refractivity contribution is 0.365. The van der Waals surface area contributed by atoms with E-state index >= 15 is 0 Å². The van der Waals surface area contributed by atoms with E-state index in [9.17, 15) is 5.11 Å². The summed E-state index contributed by atoms with van der Waals surface area (Å²) in [5.74, 6) is 4.84. The molecule has 7 heteroatoms. The van der Waals surface area contributed by atoms with Gasteiger partial charge in [-0.05, 0) is 90.4 Å². The molecule has 0 saturated carbocycles. The van der Waals surface area contributed by atoms with Crippen molar-refractivity contribution in [1.82, 2.24) is 0 Å². The van der Waals surface area contributed by atoms with Gasteiger partial charge in [-0.1, -0.05) is 12.1 Å². The molecule has 0 fully saturated rings. The second-order valence-electron chi connectivity index (χ2n) is 9.32. The zero-order valence-electron chi connectivity index (χ0n) is 23.7. The van der Waals surface area contributed by atoms with E-state index in [4.69, 9.17) is 28.4 Å². The second-order valence-corrected chi connectivity index (χ2v) is 9.32. The fraction of sp³-hybridized carbons (Fsp3) is 0.273. The highest BCUT2D eigenvalue weighted by Gasteiger charge is 2.15. The Labute approximate surface area is 235 Å². The van der Waals surface area contributed by atoms with Gasteiger partial charge < -0.3 is 33.5 Å². The molecule has 0 saturated heterocycles. The quantitative estimate of drug-likeness (QED) is 0.198. The molecule has 0 heterocycles. The van der Waals surface area contributed by atoms with Crippen molar-refractivity contribution < 1.29 is 33.5 Å². The average Bonchev–Trinajstić information content (AvgIpc) is 2.98. The molecule has 0 unspecified atom stereocenters. The molecule has 1 N–H and O–H groups in total. The SMILES string of the molecule is COc1cc(O)cc(CCc2cc(OC)cc(Oc3cc(CCc4cccc(OC)c4)c(OC)cc3OC)c2)c1. The molecule has 0 amide bonds. The van der Waals surface area contributed by atoms with Crippen LogP contribution in [-0.4, -0.2) is 40.7 Å². The maximum Gasteiger partial charge on any atom is 0.169 e. The summed E-state index contributed by atoms with van der Waals surface area (Å²) in [4.78, 5) is 0. The van der Waals surface area contributed by atoms with Crippen molar-refractivity contribution in [3.63, 3.8) is 0 Å². The lowest BCUT2D eigenvalue weighted by Gasteiger charge is -2.17. The highest BCUT2D eigenvalue weighted by atomic mass is 16.5. The molecular formula is C33H36O7. The fourth-order valence-electron chi connectivity index (χ4n) is 4.59. The molecule has 0 spiro atoms. The van der Waals surface area contributed by atoms with E-state index in [1.807, 2.05) is 54.6 Å². The van der Waals surface area contributed by atoms with Crippen molar-refractivity contribution in [1.29, 1.82) is 0 Å². The van der Waals surface area contributed by atoms with E-state index in [2.05, 4.69) is 6.07 Å². The predicted molar refractivity (Wildman–Crippen MR) is 155 cm³/mol. The molecule has 0 aliphatic carbocycles. The first-order chi connectivity index (χ1) is 19.4. The van der Waals surface area contributed by atoms with Gasteiger partial charge in [-0.3, -0.25) is 0 Å². The standard InChI is InChI=1S/C33H36O7/c1-35-27-8-6-7-22(14-27)11-12-25-18-33(32(39-5)21-31(25)38-4)40-30-17-24(16-29(20-30)37-3)10-9-23-13-26(34)19-28(15-23)36-2/h6-8,13-21,34H,9-12H2,1-5H3. The molecule has 0 aromatic heterocycles. The van der Waals surface area contributed by atoms with Crippen molar-refractivity contribution >= 4 is 0 Å². The Morgan fingerprint density at radius 3 is 1.75 bits per heavy atom. The van der Waals surface area contributed by atoms with Gasteiger partial charge in [-0.15, -0.1) is 0 Å². The summed E-state index contributed by atoms with van der Waals surface area (Å²) in [6.45, 7) is 0. The monoisotopic (exact) mass is 544 g/mol. The van der Waals surface area contributed by atoms with Crippen molar-refractivity contribution in [2.75, 3.05) is 35.5 Å². The smallest absolute Gasteiger partial charge is 0.169 e. The highest BCUT2D eigenvalue weighted by molar-refractivity contribution is 5.53. The van der Waals surface area contributed by atoms with Gasteiger partial charge in [0.05, 0.1) is 35.5 Å². The third-order valence-electron chi connectivity index (χ3n) is 6.68. The Bertz CT molecular complexity index is 1430. The van der Waals surface area contributed by atoms with E-state index in [0.29, 0.717) is 41.6 Å². The average molecular weight is 545 g/mol. The third-order valence-corrected chi connectivity index (χ3v) is 6.68. The van der Waals surface area contributed by atoms with Crippen LogP contribution in [0.3, 0.4) is 0 Å². The van der Waals surface area contributed by atoms with Gasteiger partial charge >= 0.3 is 0 Å². The summed E-state index contributed by atoms with van der Waals surface area (Å²) < 4.78 is 33.9. The van der Waals surface area contributed by atoms with Crippen molar-refractivity contribution in [2.24, 2.45) is 0 Å². The summed E-state index contributed by atoms with van der Waals surface area (Å²) in [5.41, 5.74) is 4.17. The molecule has 0 bridgehead atoms. The number of hydrogen-bond donors (Lipinski definition) is 1. The molecule has 0 aliphatic rings. The van der Waals surface area contributed by atoms with Gasteiger partial charge in [0.25, 0.3) is 0 Å². The van der Waals surface area contributed by atoms with Gasteiger partial charge in [0.2, 0.25) is 0 Å². The van der Waals surface area contributed by atoms with Gasteiger partial charge in [0, 0.05) is 18.2 Å². The van der Waals surface area contributed by atoms with Crippen LogP contribution >= 0.6 is 0 Å². The molecule has 0 aliphatic heterocycles. The summed E-state index contributed by atoms with van der Waals surface area (Å²) in [5, 5.41) is 10.0. The Morgan fingerprint density at radius 1 is 0.475 bits per heavy atom. The lowest BCUT2D eigenvalue weighted by Crippen LogP contribution is -2.00. The van der Waals surface area contributed by atoms with Crippen LogP contribution < -0.4 is 28.4 Å². The van der Waals surface area contributed by atoms with Crippen LogP contribution in [0.4, 0.5) is 0 Å². The van der Waals surface area contributed by atoms with Crippen molar-refractivity contribution in [3.05, 3.63) is 95.1 Å². The second kappa shape index (κ2) is 13.5. The predicted octanol–water partition coefficient (Wildman–Crippen LogP) is 6.80. The van der Waals surface area contributed by atoms with Crippen molar-refractivity contribution in [3.8, 4) is 46.0 Å². The van der Waals surface area contributed by atoms with E-state index in [1.165, 1.54) is 5.56 Å². The highest BCUT2D eigenvalue weighted by Crippen LogP contribution is 2.39. The van der Waals surface area contributed by atoms with Crippen LogP contribution in [0, 0.1) is 0 Å². The Balaban J connectivity index is 1.57. The summed E-state index contributed by atoms with van der Waals surface area (Å²) in [6, 6.07) is 23.0. The first-order valence-corrected chi connectivity index (χ1v) is 13.0. The fourth-order valence-corrected chi connectivity index (χ4v) is 4.59. The number of rotatable bonds is 13. The number of benzene rings is 4. The molecule has 7 nitrogen and oxygen atoms in total. The van der Waals surface area contributed by atoms with Crippen LogP contribution in [0.2, 0.25) is 0 Å². The number of phenols is 1. The number of ether oxygens (including phenoxy) is 6. The van der Waals surface area contributed by atoms with Crippen LogP contribution in [0.5, 0.6) is 46.0 Å². The van der Waals surface area contributed by atoms with Gasteiger partial charge in [0.1, 0.15) is 34.5 Å². The van der Waals surface area contributed by atoms with E-state index in [0.717, 1.165) is 41.0 Å². The van der Waals surface area contributed by atoms with Crippen LogP contribution in [-0.2, 0) is 25.7 Å². The zero-order chi connectivity index (χ0) is 28.5. The molecule has 4 rings (SSSR count). The molecule has 0 radical (unpaired) electrons. The molecule has 210 valence electrons. The number of aryl methyl sites for hydroxylation is 4. The lowest BCUT2D eigenvalue weighted by atomic mass is 10.0. The molecule has 40 heavy (non-hydrogen) atoms. The first kappa shape index (κ1) is 28.5. The minimum Gasteiger partial charge on any atom is -0.508 e. The normalized spacial score (nSPS) is 10.6. The number of hydrogen-bond acceptors (Lipinski definition) is 7. The Hall–Kier alpha value is -4.52. The summed E-state index contributed by atoms with van der Waals surface area (Å²) in [7, 11) is 8.15. The Kier molecular flexibility index (Phi) is 9.62. The molecular weight excluding hydrogens is 508 g/mol. The van der Waals surface area contributed by atoms with Gasteiger partial charge in [-0.25, -0.2) is 0 Å².